The lowest BCUT2D eigenvalue weighted by atomic mass is 9.96. The summed E-state index contributed by atoms with van der Waals surface area (Å²) in [5.41, 5.74) is 1.34. The smallest absolute Gasteiger partial charge is 0.315 e. The van der Waals surface area contributed by atoms with E-state index in [9.17, 15) is 4.79 Å². The van der Waals surface area contributed by atoms with E-state index >= 15 is 0 Å². The first kappa shape index (κ1) is 17.2. The molecule has 1 saturated carbocycles. The number of hydrogen-bond acceptors (Lipinski definition) is 3. The number of hydrogen-bond donors (Lipinski definition) is 2. The average Bonchev–Trinajstić information content (AvgIpc) is 2.63. The van der Waals surface area contributed by atoms with Crippen molar-refractivity contribution in [1.82, 2.24) is 20.5 Å². The van der Waals surface area contributed by atoms with E-state index in [-0.39, 0.29) is 6.03 Å². The van der Waals surface area contributed by atoms with Crippen LogP contribution in [0.3, 0.4) is 0 Å². The predicted molar refractivity (Wildman–Crippen MR) is 95.9 cm³/mol. The Morgan fingerprint density at radius 2 is 1.62 bits per heavy atom. The van der Waals surface area contributed by atoms with Crippen LogP contribution < -0.4 is 10.6 Å². The molecule has 1 aliphatic carbocycles. The minimum absolute atomic E-state index is 0.0390. The van der Waals surface area contributed by atoms with Gasteiger partial charge in [-0.3, -0.25) is 4.98 Å². The van der Waals surface area contributed by atoms with Crippen LogP contribution >= 0.6 is 0 Å². The van der Waals surface area contributed by atoms with Gasteiger partial charge in [0.2, 0.25) is 0 Å². The van der Waals surface area contributed by atoms with Gasteiger partial charge in [-0.05, 0) is 49.8 Å². The molecular formula is C19H30N4O. The van der Waals surface area contributed by atoms with Crippen LogP contribution in [0.25, 0.3) is 0 Å². The van der Waals surface area contributed by atoms with Gasteiger partial charge in [0.15, 0.2) is 0 Å². The zero-order valence-corrected chi connectivity index (χ0v) is 14.5. The number of rotatable bonds is 5. The molecule has 0 atom stereocenters. The Kier molecular flexibility index (Phi) is 6.47. The standard InChI is InChI=1S/C19H30N4O/c24-19(21-17-4-2-1-3-5-17)22-18-9-14-23(15-10-18)13-8-16-6-11-20-12-7-16/h6-7,11-12,17-18H,1-5,8-10,13-15H2,(H2,21,22,24). The Morgan fingerprint density at radius 1 is 1.00 bits per heavy atom. The molecule has 0 unspecified atom stereocenters. The lowest BCUT2D eigenvalue weighted by Gasteiger charge is -2.33. The van der Waals surface area contributed by atoms with E-state index in [4.69, 9.17) is 0 Å². The number of carbonyl (C=O) groups is 1. The summed E-state index contributed by atoms with van der Waals surface area (Å²) in [6.45, 7) is 3.23. The van der Waals surface area contributed by atoms with Crippen LogP contribution in [0.15, 0.2) is 24.5 Å². The third-order valence-electron chi connectivity index (χ3n) is 5.33. The zero-order chi connectivity index (χ0) is 16.6. The number of carbonyl (C=O) groups excluding carboxylic acids is 1. The number of urea groups is 1. The third kappa shape index (κ3) is 5.48. The number of aromatic nitrogens is 1. The lowest BCUT2D eigenvalue weighted by molar-refractivity contribution is 0.191. The van der Waals surface area contributed by atoms with Crippen molar-refractivity contribution < 1.29 is 4.79 Å². The molecule has 5 heteroatoms. The Balaban J connectivity index is 1.32. The molecule has 1 saturated heterocycles. The molecule has 2 heterocycles. The summed E-state index contributed by atoms with van der Waals surface area (Å²) >= 11 is 0. The normalized spacial score (nSPS) is 20.7. The summed E-state index contributed by atoms with van der Waals surface area (Å²) in [5.74, 6) is 0. The van der Waals surface area contributed by atoms with Gasteiger partial charge in [-0.2, -0.15) is 0 Å². The number of nitrogens with zero attached hydrogens (tertiary/aromatic N) is 2. The minimum atomic E-state index is 0.0390. The van der Waals surface area contributed by atoms with Crippen LogP contribution in [0.5, 0.6) is 0 Å². The van der Waals surface area contributed by atoms with E-state index < -0.39 is 0 Å². The van der Waals surface area contributed by atoms with Gasteiger partial charge in [-0.25, -0.2) is 4.79 Å². The second-order valence-electron chi connectivity index (χ2n) is 7.17. The first-order chi connectivity index (χ1) is 11.8. The molecule has 0 bridgehead atoms. The van der Waals surface area contributed by atoms with Crippen LogP contribution in [-0.2, 0) is 6.42 Å². The average molecular weight is 330 g/mol. The highest BCUT2D eigenvalue weighted by atomic mass is 16.2. The maximum absolute atomic E-state index is 12.1. The molecule has 132 valence electrons. The van der Waals surface area contributed by atoms with Gasteiger partial charge in [0.25, 0.3) is 0 Å². The Labute approximate surface area is 145 Å². The molecule has 2 aliphatic rings. The van der Waals surface area contributed by atoms with Gasteiger partial charge in [0.1, 0.15) is 0 Å². The molecule has 2 N–H and O–H groups in total. The maximum atomic E-state index is 12.1. The predicted octanol–water partition coefficient (Wildman–Crippen LogP) is 2.72. The lowest BCUT2D eigenvalue weighted by Crippen LogP contribution is -2.50. The van der Waals surface area contributed by atoms with E-state index in [1.165, 1.54) is 24.8 Å². The molecule has 24 heavy (non-hydrogen) atoms. The largest absolute Gasteiger partial charge is 0.335 e. The zero-order valence-electron chi connectivity index (χ0n) is 14.5. The maximum Gasteiger partial charge on any atom is 0.315 e. The second-order valence-corrected chi connectivity index (χ2v) is 7.17. The third-order valence-corrected chi connectivity index (χ3v) is 5.33. The molecule has 0 spiro atoms. The molecule has 1 aromatic heterocycles. The summed E-state index contributed by atoms with van der Waals surface area (Å²) in [4.78, 5) is 18.7. The van der Waals surface area contributed by atoms with Gasteiger partial charge >= 0.3 is 6.03 Å². The molecule has 2 fully saturated rings. The fraction of sp³-hybridized carbons (Fsp3) is 0.684. The van der Waals surface area contributed by atoms with Crippen LogP contribution in [-0.4, -0.2) is 47.6 Å². The number of pyridine rings is 1. The minimum Gasteiger partial charge on any atom is -0.335 e. The molecule has 1 aromatic rings. The molecule has 5 nitrogen and oxygen atoms in total. The summed E-state index contributed by atoms with van der Waals surface area (Å²) < 4.78 is 0. The summed E-state index contributed by atoms with van der Waals surface area (Å²) in [5, 5.41) is 6.33. The summed E-state index contributed by atoms with van der Waals surface area (Å²) in [6, 6.07) is 4.93. The molecular weight excluding hydrogens is 300 g/mol. The summed E-state index contributed by atoms with van der Waals surface area (Å²) in [7, 11) is 0. The van der Waals surface area contributed by atoms with Crippen LogP contribution in [0.4, 0.5) is 4.79 Å². The van der Waals surface area contributed by atoms with Gasteiger partial charge < -0.3 is 15.5 Å². The monoisotopic (exact) mass is 330 g/mol. The van der Waals surface area contributed by atoms with E-state index in [1.54, 1.807) is 0 Å². The highest BCUT2D eigenvalue weighted by molar-refractivity contribution is 5.74. The van der Waals surface area contributed by atoms with Gasteiger partial charge in [-0.15, -0.1) is 0 Å². The molecule has 2 amide bonds. The topological polar surface area (TPSA) is 57.3 Å². The quantitative estimate of drug-likeness (QED) is 0.873. The fourth-order valence-electron chi connectivity index (χ4n) is 3.80. The molecule has 1 aliphatic heterocycles. The van der Waals surface area contributed by atoms with Crippen molar-refractivity contribution in [2.75, 3.05) is 19.6 Å². The van der Waals surface area contributed by atoms with Crippen molar-refractivity contribution in [1.29, 1.82) is 0 Å². The van der Waals surface area contributed by atoms with E-state index in [2.05, 4.69) is 32.7 Å². The summed E-state index contributed by atoms with van der Waals surface area (Å²) in [6.07, 6.45) is 13.0. The highest BCUT2D eigenvalue weighted by Crippen LogP contribution is 2.17. The molecule has 0 radical (unpaired) electrons. The Morgan fingerprint density at radius 3 is 2.29 bits per heavy atom. The van der Waals surface area contributed by atoms with Crippen molar-refractivity contribution in [3.63, 3.8) is 0 Å². The Hall–Kier alpha value is -1.62. The van der Waals surface area contributed by atoms with E-state index in [1.807, 2.05) is 12.4 Å². The van der Waals surface area contributed by atoms with Crippen LogP contribution in [0, 0.1) is 0 Å². The van der Waals surface area contributed by atoms with Gasteiger partial charge in [0, 0.05) is 44.1 Å². The first-order valence-corrected chi connectivity index (χ1v) is 9.48. The van der Waals surface area contributed by atoms with E-state index in [0.29, 0.717) is 12.1 Å². The number of nitrogens with one attached hydrogen (secondary N) is 2. The van der Waals surface area contributed by atoms with Gasteiger partial charge in [-0.1, -0.05) is 19.3 Å². The van der Waals surface area contributed by atoms with Crippen LogP contribution in [0.2, 0.25) is 0 Å². The van der Waals surface area contributed by atoms with Crippen molar-refractivity contribution in [3.8, 4) is 0 Å². The van der Waals surface area contributed by atoms with E-state index in [0.717, 1.165) is 51.7 Å². The number of amides is 2. The molecule has 0 aromatic carbocycles. The van der Waals surface area contributed by atoms with Crippen LogP contribution in [0.1, 0.15) is 50.5 Å². The number of likely N-dealkylation sites (tertiary alicyclic amines) is 1. The fourth-order valence-corrected chi connectivity index (χ4v) is 3.80. The van der Waals surface area contributed by atoms with Crippen molar-refractivity contribution in [2.45, 2.75) is 63.5 Å². The number of piperidine rings is 1. The molecule has 3 rings (SSSR count). The van der Waals surface area contributed by atoms with Crippen molar-refractivity contribution >= 4 is 6.03 Å². The highest BCUT2D eigenvalue weighted by Gasteiger charge is 2.22. The second kappa shape index (κ2) is 9.02. The SMILES string of the molecule is O=C(NC1CCCCC1)NC1CCN(CCc2ccncc2)CC1. The first-order valence-electron chi connectivity index (χ1n) is 9.48. The van der Waals surface area contributed by atoms with Crippen molar-refractivity contribution in [2.24, 2.45) is 0 Å². The van der Waals surface area contributed by atoms with Gasteiger partial charge in [0.05, 0.1) is 0 Å². The Bertz CT molecular complexity index is 493. The van der Waals surface area contributed by atoms with Crippen molar-refractivity contribution in [3.05, 3.63) is 30.1 Å².